The maximum absolute atomic E-state index is 12.9. The van der Waals surface area contributed by atoms with Crippen molar-refractivity contribution < 1.29 is 23.9 Å². The molecule has 0 radical (unpaired) electrons. The number of anilines is 1. The average molecular weight is 440 g/mol. The van der Waals surface area contributed by atoms with Crippen molar-refractivity contribution in [2.75, 3.05) is 19.2 Å². The Hall–Kier alpha value is -4.61. The molecule has 2 N–H and O–H groups in total. The van der Waals surface area contributed by atoms with Crippen LogP contribution in [0, 0.1) is 10.1 Å². The zero-order chi connectivity index (χ0) is 22.8. The van der Waals surface area contributed by atoms with Gasteiger partial charge in [-0.3, -0.25) is 24.3 Å². The van der Waals surface area contributed by atoms with Crippen molar-refractivity contribution in [1.82, 2.24) is 9.55 Å². The monoisotopic (exact) mass is 440 g/mol. The molecule has 1 aliphatic rings. The van der Waals surface area contributed by atoms with Crippen LogP contribution < -0.4 is 30.8 Å². The number of carbonyl (C=O) groups is 1. The second kappa shape index (κ2) is 8.26. The lowest BCUT2D eigenvalue weighted by molar-refractivity contribution is -0.384. The Labute approximate surface area is 179 Å². The van der Waals surface area contributed by atoms with E-state index in [0.29, 0.717) is 17.1 Å². The lowest BCUT2D eigenvalue weighted by Gasteiger charge is -2.11. The molecule has 3 aromatic rings. The van der Waals surface area contributed by atoms with Crippen LogP contribution in [0.2, 0.25) is 0 Å². The molecule has 0 spiro atoms. The SMILES string of the molecule is COc1ccc([N+](=O)[O-])cc1NC(=O)c1c[nH]c(=O)n(Cc2ccc3c(c2)OCO3)c1=O. The molecule has 32 heavy (non-hydrogen) atoms. The van der Waals surface area contributed by atoms with E-state index in [2.05, 4.69) is 10.3 Å². The van der Waals surface area contributed by atoms with Crippen molar-refractivity contribution >= 4 is 17.3 Å². The van der Waals surface area contributed by atoms with Crippen LogP contribution in [0.3, 0.4) is 0 Å². The Bertz CT molecular complexity index is 1340. The van der Waals surface area contributed by atoms with E-state index in [1.165, 1.54) is 19.2 Å². The summed E-state index contributed by atoms with van der Waals surface area (Å²) in [4.78, 5) is 50.6. The highest BCUT2D eigenvalue weighted by Crippen LogP contribution is 2.32. The number of amides is 1. The fraction of sp³-hybridized carbons (Fsp3) is 0.150. The summed E-state index contributed by atoms with van der Waals surface area (Å²) < 4.78 is 16.5. The van der Waals surface area contributed by atoms with Gasteiger partial charge < -0.3 is 24.5 Å². The minimum absolute atomic E-state index is 0.000351. The number of nitro benzene ring substituents is 1. The summed E-state index contributed by atoms with van der Waals surface area (Å²) in [5.41, 5.74) is -1.61. The predicted octanol–water partition coefficient (Wildman–Crippen LogP) is 1.48. The standard InChI is InChI=1S/C20H16N4O8/c1-30-15-5-3-12(24(28)29)7-14(15)22-18(25)13-8-21-20(27)23(19(13)26)9-11-2-4-16-17(6-11)32-10-31-16/h2-8H,9-10H2,1H3,(H,21,27)(H,22,25). The number of aromatic amines is 1. The fourth-order valence-electron chi connectivity index (χ4n) is 3.14. The first-order valence-electron chi connectivity index (χ1n) is 9.22. The Balaban J connectivity index is 1.65. The number of hydrogen-bond donors (Lipinski definition) is 2. The molecule has 12 nitrogen and oxygen atoms in total. The van der Waals surface area contributed by atoms with E-state index >= 15 is 0 Å². The number of carbonyl (C=O) groups excluding carboxylic acids is 1. The lowest BCUT2D eigenvalue weighted by Crippen LogP contribution is -2.39. The Morgan fingerprint density at radius 3 is 2.75 bits per heavy atom. The molecule has 2 aromatic carbocycles. The predicted molar refractivity (Wildman–Crippen MR) is 111 cm³/mol. The van der Waals surface area contributed by atoms with Crippen LogP contribution in [0.25, 0.3) is 0 Å². The van der Waals surface area contributed by atoms with Gasteiger partial charge in [-0.2, -0.15) is 0 Å². The molecule has 0 saturated carbocycles. The summed E-state index contributed by atoms with van der Waals surface area (Å²) in [5, 5.41) is 13.4. The fourth-order valence-corrected chi connectivity index (χ4v) is 3.14. The number of aromatic nitrogens is 2. The van der Waals surface area contributed by atoms with Crippen LogP contribution in [0.15, 0.2) is 52.2 Å². The molecular formula is C20H16N4O8. The van der Waals surface area contributed by atoms with E-state index in [0.717, 1.165) is 16.8 Å². The number of fused-ring (bicyclic) bond motifs is 1. The molecule has 0 unspecified atom stereocenters. The number of nitrogens with zero attached hydrogens (tertiary/aromatic N) is 2. The van der Waals surface area contributed by atoms with E-state index in [4.69, 9.17) is 14.2 Å². The maximum Gasteiger partial charge on any atom is 0.328 e. The maximum atomic E-state index is 12.9. The number of ether oxygens (including phenoxy) is 3. The molecule has 164 valence electrons. The number of nitrogens with one attached hydrogen (secondary N) is 2. The molecular weight excluding hydrogens is 424 g/mol. The number of non-ortho nitro benzene ring substituents is 1. The van der Waals surface area contributed by atoms with Crippen molar-refractivity contribution in [2.24, 2.45) is 0 Å². The number of rotatable bonds is 6. The van der Waals surface area contributed by atoms with Gasteiger partial charge in [-0.1, -0.05) is 6.07 Å². The minimum Gasteiger partial charge on any atom is -0.495 e. The van der Waals surface area contributed by atoms with Crippen LogP contribution >= 0.6 is 0 Å². The second-order valence-corrected chi connectivity index (χ2v) is 6.68. The summed E-state index contributed by atoms with van der Waals surface area (Å²) in [6.45, 7) is -0.0395. The second-order valence-electron chi connectivity index (χ2n) is 6.68. The highest BCUT2D eigenvalue weighted by molar-refractivity contribution is 6.04. The summed E-state index contributed by atoms with van der Waals surface area (Å²) >= 11 is 0. The Morgan fingerprint density at radius 2 is 2.00 bits per heavy atom. The molecule has 0 bridgehead atoms. The molecule has 0 saturated heterocycles. The zero-order valence-electron chi connectivity index (χ0n) is 16.6. The van der Waals surface area contributed by atoms with Gasteiger partial charge in [0.1, 0.15) is 11.3 Å². The van der Waals surface area contributed by atoms with Crippen molar-refractivity contribution in [3.8, 4) is 17.2 Å². The van der Waals surface area contributed by atoms with Crippen molar-refractivity contribution in [3.05, 3.63) is 84.7 Å². The number of H-pyrrole nitrogens is 1. The molecule has 12 heteroatoms. The van der Waals surface area contributed by atoms with E-state index < -0.39 is 22.1 Å². The smallest absolute Gasteiger partial charge is 0.328 e. The van der Waals surface area contributed by atoms with Gasteiger partial charge in [0, 0.05) is 18.3 Å². The Kier molecular flexibility index (Phi) is 5.33. The van der Waals surface area contributed by atoms with Crippen LogP contribution in [-0.2, 0) is 6.54 Å². The number of nitro groups is 1. The first-order valence-corrected chi connectivity index (χ1v) is 9.22. The molecule has 0 atom stereocenters. The highest BCUT2D eigenvalue weighted by atomic mass is 16.7. The highest BCUT2D eigenvalue weighted by Gasteiger charge is 2.20. The summed E-state index contributed by atoms with van der Waals surface area (Å²) in [7, 11) is 1.33. The molecule has 1 aliphatic heterocycles. The third kappa shape index (κ3) is 3.88. The van der Waals surface area contributed by atoms with E-state index in [1.54, 1.807) is 18.2 Å². The quantitative estimate of drug-likeness (QED) is 0.431. The van der Waals surface area contributed by atoms with Crippen LogP contribution in [0.1, 0.15) is 15.9 Å². The van der Waals surface area contributed by atoms with Crippen molar-refractivity contribution in [2.45, 2.75) is 6.54 Å². The topological polar surface area (TPSA) is 155 Å². The minimum atomic E-state index is -0.871. The van der Waals surface area contributed by atoms with Gasteiger partial charge >= 0.3 is 5.69 Å². The van der Waals surface area contributed by atoms with Gasteiger partial charge in [-0.25, -0.2) is 4.79 Å². The molecule has 0 fully saturated rings. The largest absolute Gasteiger partial charge is 0.495 e. The third-order valence-corrected chi connectivity index (χ3v) is 4.73. The summed E-state index contributed by atoms with van der Waals surface area (Å²) in [5.74, 6) is 0.325. The van der Waals surface area contributed by atoms with Gasteiger partial charge in [0.05, 0.1) is 24.3 Å². The first-order chi connectivity index (χ1) is 15.4. The van der Waals surface area contributed by atoms with Gasteiger partial charge in [0.25, 0.3) is 17.2 Å². The van der Waals surface area contributed by atoms with Crippen molar-refractivity contribution in [3.63, 3.8) is 0 Å². The molecule has 2 heterocycles. The van der Waals surface area contributed by atoms with E-state index in [1.807, 2.05) is 0 Å². The lowest BCUT2D eigenvalue weighted by atomic mass is 10.2. The van der Waals surface area contributed by atoms with Gasteiger partial charge in [-0.15, -0.1) is 0 Å². The third-order valence-electron chi connectivity index (χ3n) is 4.73. The van der Waals surface area contributed by atoms with E-state index in [-0.39, 0.29) is 36.0 Å². The number of hydrogen-bond acceptors (Lipinski definition) is 8. The van der Waals surface area contributed by atoms with Crippen LogP contribution in [-0.4, -0.2) is 34.3 Å². The normalized spacial score (nSPS) is 11.8. The van der Waals surface area contributed by atoms with Crippen molar-refractivity contribution in [1.29, 1.82) is 0 Å². The molecule has 1 amide bonds. The molecule has 0 aliphatic carbocycles. The number of methoxy groups -OCH3 is 1. The van der Waals surface area contributed by atoms with Crippen LogP contribution in [0.5, 0.6) is 17.2 Å². The molecule has 1 aromatic heterocycles. The van der Waals surface area contributed by atoms with Crippen LogP contribution in [0.4, 0.5) is 11.4 Å². The first kappa shape index (κ1) is 20.7. The van der Waals surface area contributed by atoms with E-state index in [9.17, 15) is 24.5 Å². The number of benzene rings is 2. The zero-order valence-corrected chi connectivity index (χ0v) is 16.6. The molecule has 4 rings (SSSR count). The van der Waals surface area contributed by atoms with Gasteiger partial charge in [0.15, 0.2) is 11.5 Å². The summed E-state index contributed by atoms with van der Waals surface area (Å²) in [6.07, 6.45) is 0.986. The Morgan fingerprint density at radius 1 is 1.22 bits per heavy atom. The van der Waals surface area contributed by atoms with Gasteiger partial charge in [-0.05, 0) is 23.8 Å². The summed E-state index contributed by atoms with van der Waals surface area (Å²) in [6, 6.07) is 8.59. The average Bonchev–Trinajstić information content (AvgIpc) is 3.24. The van der Waals surface area contributed by atoms with Gasteiger partial charge in [0.2, 0.25) is 6.79 Å².